The summed E-state index contributed by atoms with van der Waals surface area (Å²) in [6, 6.07) is 17.9. The topological polar surface area (TPSA) is 63.2 Å². The third-order valence-electron chi connectivity index (χ3n) is 5.07. The van der Waals surface area contributed by atoms with E-state index >= 15 is 0 Å². The molecule has 0 bridgehead atoms. The van der Waals surface area contributed by atoms with Crippen LogP contribution in [0.4, 0.5) is 0 Å². The number of amides is 1. The first kappa shape index (κ1) is 18.6. The molecule has 0 saturated carbocycles. The summed E-state index contributed by atoms with van der Waals surface area (Å²) in [5.41, 5.74) is 3.19. The Morgan fingerprint density at radius 2 is 1.62 bits per heavy atom. The summed E-state index contributed by atoms with van der Waals surface area (Å²) in [7, 11) is -3.16. The molecule has 2 aromatic rings. The van der Waals surface area contributed by atoms with Crippen LogP contribution in [-0.4, -0.2) is 25.3 Å². The molecule has 1 aliphatic rings. The number of carbonyl (C=O) groups is 1. The van der Waals surface area contributed by atoms with Crippen molar-refractivity contribution in [3.05, 3.63) is 60.2 Å². The van der Waals surface area contributed by atoms with Gasteiger partial charge in [-0.3, -0.25) is 4.79 Å². The van der Waals surface area contributed by atoms with E-state index in [0.29, 0.717) is 12.8 Å². The second kappa shape index (κ2) is 7.62. The Bertz CT molecular complexity index is 858. The molecule has 0 aromatic heterocycles. The fraction of sp³-hybridized carbons (Fsp3) is 0.381. The van der Waals surface area contributed by atoms with Crippen molar-refractivity contribution in [2.45, 2.75) is 38.0 Å². The number of hydrogen-bond acceptors (Lipinski definition) is 3. The van der Waals surface area contributed by atoms with Crippen molar-refractivity contribution in [2.75, 3.05) is 5.75 Å². The molecule has 1 heterocycles. The second-order valence-electron chi connectivity index (χ2n) is 7.21. The number of benzene rings is 2. The fourth-order valence-corrected chi connectivity index (χ4v) is 4.73. The predicted molar refractivity (Wildman–Crippen MR) is 104 cm³/mol. The van der Waals surface area contributed by atoms with Gasteiger partial charge in [-0.05, 0) is 42.9 Å². The molecule has 0 radical (unpaired) electrons. The molecule has 3 rings (SSSR count). The van der Waals surface area contributed by atoms with Crippen molar-refractivity contribution in [3.63, 3.8) is 0 Å². The van der Waals surface area contributed by atoms with Crippen molar-refractivity contribution in [1.29, 1.82) is 0 Å². The number of sulfone groups is 1. The molecule has 1 N–H and O–H groups in total. The Kier molecular flexibility index (Phi) is 5.47. The first-order valence-electron chi connectivity index (χ1n) is 9.03. The maximum Gasteiger partial charge on any atom is 0.220 e. The quantitative estimate of drug-likeness (QED) is 0.871. The lowest BCUT2D eigenvalue weighted by molar-refractivity contribution is -0.124. The van der Waals surface area contributed by atoms with E-state index < -0.39 is 15.1 Å². The second-order valence-corrected chi connectivity index (χ2v) is 9.81. The molecule has 26 heavy (non-hydrogen) atoms. The first-order valence-corrected chi connectivity index (χ1v) is 10.7. The molecular formula is C21H25NO3S. The van der Waals surface area contributed by atoms with Gasteiger partial charge in [-0.15, -0.1) is 0 Å². The van der Waals surface area contributed by atoms with Crippen LogP contribution >= 0.6 is 0 Å². The Labute approximate surface area is 155 Å². The van der Waals surface area contributed by atoms with Crippen molar-refractivity contribution >= 4 is 15.7 Å². The molecule has 0 aliphatic carbocycles. The van der Waals surface area contributed by atoms with Crippen molar-refractivity contribution in [3.8, 4) is 11.1 Å². The van der Waals surface area contributed by atoms with Gasteiger partial charge in [0.1, 0.15) is 0 Å². The SMILES string of the molecule is CC(C)S(=O)(=O)C[C@@H]1CCC(=O)N[C@@H]1c1ccc(-c2ccccc2)cc1. The normalized spacial score (nSPS) is 20.8. The molecule has 138 valence electrons. The number of piperidine rings is 1. The molecule has 0 spiro atoms. The molecule has 5 heteroatoms. The summed E-state index contributed by atoms with van der Waals surface area (Å²) < 4.78 is 24.8. The monoisotopic (exact) mass is 371 g/mol. The zero-order valence-electron chi connectivity index (χ0n) is 15.2. The van der Waals surface area contributed by atoms with Gasteiger partial charge in [0.25, 0.3) is 0 Å². The largest absolute Gasteiger partial charge is 0.349 e. The van der Waals surface area contributed by atoms with Gasteiger partial charge in [0.2, 0.25) is 5.91 Å². The van der Waals surface area contributed by atoms with Gasteiger partial charge in [-0.1, -0.05) is 54.6 Å². The van der Waals surface area contributed by atoms with Gasteiger partial charge >= 0.3 is 0 Å². The lowest BCUT2D eigenvalue weighted by Crippen LogP contribution is -2.41. The summed E-state index contributed by atoms with van der Waals surface area (Å²) in [6.07, 6.45) is 0.986. The van der Waals surface area contributed by atoms with Crippen molar-refractivity contribution in [1.82, 2.24) is 5.32 Å². The molecule has 1 fully saturated rings. The Morgan fingerprint density at radius 1 is 1.00 bits per heavy atom. The third-order valence-corrected chi connectivity index (χ3v) is 7.40. The van der Waals surface area contributed by atoms with Crippen LogP contribution < -0.4 is 5.32 Å². The maximum atomic E-state index is 12.4. The van der Waals surface area contributed by atoms with Crippen molar-refractivity contribution < 1.29 is 13.2 Å². The number of carbonyl (C=O) groups excluding carboxylic acids is 1. The highest BCUT2D eigenvalue weighted by molar-refractivity contribution is 7.91. The van der Waals surface area contributed by atoms with E-state index in [9.17, 15) is 13.2 Å². The van der Waals surface area contributed by atoms with Crippen LogP contribution in [0.25, 0.3) is 11.1 Å². The van der Waals surface area contributed by atoms with Crippen LogP contribution in [0.3, 0.4) is 0 Å². The fourth-order valence-electron chi connectivity index (χ4n) is 3.39. The summed E-state index contributed by atoms with van der Waals surface area (Å²) in [6.45, 7) is 3.42. The van der Waals surface area contributed by atoms with Crippen LogP contribution in [0.15, 0.2) is 54.6 Å². The average molecular weight is 372 g/mol. The number of hydrogen-bond donors (Lipinski definition) is 1. The van der Waals surface area contributed by atoms with Crippen LogP contribution in [0.5, 0.6) is 0 Å². The van der Waals surface area contributed by atoms with Gasteiger partial charge < -0.3 is 5.32 Å². The van der Waals surface area contributed by atoms with Gasteiger partial charge in [-0.25, -0.2) is 8.42 Å². The van der Waals surface area contributed by atoms with Gasteiger partial charge in [0, 0.05) is 6.42 Å². The summed E-state index contributed by atoms with van der Waals surface area (Å²) in [4.78, 5) is 11.9. The predicted octanol–water partition coefficient (Wildman–Crippen LogP) is 3.74. The third kappa shape index (κ3) is 4.15. The van der Waals surface area contributed by atoms with E-state index in [-0.39, 0.29) is 23.6 Å². The van der Waals surface area contributed by atoms with E-state index in [2.05, 4.69) is 17.4 Å². The first-order chi connectivity index (χ1) is 12.4. The molecule has 2 atom stereocenters. The maximum absolute atomic E-state index is 12.4. The van der Waals surface area contributed by atoms with Crippen LogP contribution in [0.1, 0.15) is 38.3 Å². The van der Waals surface area contributed by atoms with Crippen LogP contribution in [0, 0.1) is 5.92 Å². The van der Waals surface area contributed by atoms with Gasteiger partial charge in [-0.2, -0.15) is 0 Å². The molecule has 1 amide bonds. The zero-order chi connectivity index (χ0) is 18.7. The minimum Gasteiger partial charge on any atom is -0.349 e. The zero-order valence-corrected chi connectivity index (χ0v) is 16.0. The highest BCUT2D eigenvalue weighted by atomic mass is 32.2. The van der Waals surface area contributed by atoms with E-state index in [1.165, 1.54) is 0 Å². The standard InChI is InChI=1S/C21H25NO3S/c1-15(2)26(24,25)14-19-12-13-20(23)22-21(19)18-10-8-17(9-11-18)16-6-4-3-5-7-16/h3-11,15,19,21H,12-14H2,1-2H3,(H,22,23)/t19-,21+/m0/s1. The Hall–Kier alpha value is -2.14. The van der Waals surface area contributed by atoms with E-state index in [4.69, 9.17) is 0 Å². The van der Waals surface area contributed by atoms with E-state index in [1.807, 2.05) is 42.5 Å². The van der Waals surface area contributed by atoms with Crippen LogP contribution in [-0.2, 0) is 14.6 Å². The number of rotatable bonds is 5. The minimum absolute atomic E-state index is 0.0136. The Balaban J connectivity index is 1.85. The average Bonchev–Trinajstić information content (AvgIpc) is 2.64. The minimum atomic E-state index is -3.16. The molecule has 4 nitrogen and oxygen atoms in total. The lowest BCUT2D eigenvalue weighted by atomic mass is 9.86. The highest BCUT2D eigenvalue weighted by Crippen LogP contribution is 2.32. The molecule has 1 saturated heterocycles. The molecule has 1 aliphatic heterocycles. The molecule has 2 aromatic carbocycles. The highest BCUT2D eigenvalue weighted by Gasteiger charge is 2.34. The van der Waals surface area contributed by atoms with Gasteiger partial charge in [0.05, 0.1) is 17.0 Å². The molecule has 0 unspecified atom stereocenters. The summed E-state index contributed by atoms with van der Waals surface area (Å²) in [5, 5.41) is 2.60. The summed E-state index contributed by atoms with van der Waals surface area (Å²) >= 11 is 0. The summed E-state index contributed by atoms with van der Waals surface area (Å²) in [5.74, 6) is -0.00114. The van der Waals surface area contributed by atoms with Crippen molar-refractivity contribution in [2.24, 2.45) is 5.92 Å². The van der Waals surface area contributed by atoms with Crippen LogP contribution in [0.2, 0.25) is 0 Å². The Morgan fingerprint density at radius 3 is 2.23 bits per heavy atom. The molecular weight excluding hydrogens is 346 g/mol. The van der Waals surface area contributed by atoms with E-state index in [0.717, 1.165) is 16.7 Å². The van der Waals surface area contributed by atoms with E-state index in [1.54, 1.807) is 13.8 Å². The smallest absolute Gasteiger partial charge is 0.220 e. The number of nitrogens with one attached hydrogen (secondary N) is 1. The lowest BCUT2D eigenvalue weighted by Gasteiger charge is -2.33. The van der Waals surface area contributed by atoms with Gasteiger partial charge in [0.15, 0.2) is 9.84 Å².